The quantitative estimate of drug-likeness (QED) is 0.492. The monoisotopic (exact) mass is 388 g/mol. The Morgan fingerprint density at radius 3 is 2.78 bits per heavy atom. The average Bonchev–Trinajstić information content (AvgIpc) is 3.09. The highest BCUT2D eigenvalue weighted by molar-refractivity contribution is 7.14. The van der Waals surface area contributed by atoms with Crippen LogP contribution in [0.2, 0.25) is 0 Å². The minimum atomic E-state index is -0.688. The summed E-state index contributed by atoms with van der Waals surface area (Å²) in [6, 6.07) is 9.45. The molecule has 0 fully saturated rings. The van der Waals surface area contributed by atoms with Crippen molar-refractivity contribution in [3.05, 3.63) is 51.2 Å². The van der Waals surface area contributed by atoms with E-state index in [4.69, 9.17) is 5.73 Å². The van der Waals surface area contributed by atoms with Gasteiger partial charge in [-0.3, -0.25) is 14.9 Å². The SMILES string of the molecule is COC(=O)[C@H](CN)NCc1sc(C(=O)NCc2cccc(O)c2)cc1C#N. The number of aromatic hydroxyl groups is 1. The van der Waals surface area contributed by atoms with Gasteiger partial charge in [-0.15, -0.1) is 11.3 Å². The van der Waals surface area contributed by atoms with Gasteiger partial charge < -0.3 is 20.9 Å². The van der Waals surface area contributed by atoms with E-state index >= 15 is 0 Å². The summed E-state index contributed by atoms with van der Waals surface area (Å²) in [7, 11) is 1.27. The van der Waals surface area contributed by atoms with Crippen LogP contribution in [0.1, 0.15) is 25.7 Å². The van der Waals surface area contributed by atoms with Gasteiger partial charge in [-0.25, -0.2) is 0 Å². The van der Waals surface area contributed by atoms with E-state index in [9.17, 15) is 20.0 Å². The molecule has 1 aromatic carbocycles. The summed E-state index contributed by atoms with van der Waals surface area (Å²) in [6.07, 6.45) is 0. The number of nitriles is 1. The number of amides is 1. The third kappa shape index (κ3) is 5.52. The Morgan fingerprint density at radius 1 is 1.37 bits per heavy atom. The topological polar surface area (TPSA) is 137 Å². The number of hydrogen-bond acceptors (Lipinski definition) is 8. The summed E-state index contributed by atoms with van der Waals surface area (Å²) >= 11 is 1.16. The summed E-state index contributed by atoms with van der Waals surface area (Å²) in [5, 5.41) is 24.4. The van der Waals surface area contributed by atoms with E-state index in [-0.39, 0.29) is 31.3 Å². The minimum Gasteiger partial charge on any atom is -0.508 e. The van der Waals surface area contributed by atoms with Gasteiger partial charge in [0.2, 0.25) is 0 Å². The zero-order valence-corrected chi connectivity index (χ0v) is 15.5. The Kier molecular flexibility index (Phi) is 7.31. The van der Waals surface area contributed by atoms with E-state index in [1.165, 1.54) is 13.2 Å². The number of nitrogens with zero attached hydrogens (tertiary/aromatic N) is 1. The van der Waals surface area contributed by atoms with Crippen molar-refractivity contribution in [2.75, 3.05) is 13.7 Å². The molecule has 1 heterocycles. The molecule has 0 aliphatic carbocycles. The lowest BCUT2D eigenvalue weighted by atomic mass is 10.2. The number of carbonyl (C=O) groups excluding carboxylic acids is 2. The fraction of sp³-hybridized carbons (Fsp3) is 0.278. The highest BCUT2D eigenvalue weighted by Crippen LogP contribution is 2.22. The summed E-state index contributed by atoms with van der Waals surface area (Å²) in [5.41, 5.74) is 6.65. The molecular weight excluding hydrogens is 368 g/mol. The maximum Gasteiger partial charge on any atom is 0.324 e. The second kappa shape index (κ2) is 9.68. The van der Waals surface area contributed by atoms with Crippen LogP contribution < -0.4 is 16.4 Å². The number of rotatable bonds is 8. The molecule has 0 aliphatic rings. The van der Waals surface area contributed by atoms with Crippen molar-refractivity contribution in [2.24, 2.45) is 5.73 Å². The van der Waals surface area contributed by atoms with Crippen molar-refractivity contribution in [2.45, 2.75) is 19.1 Å². The van der Waals surface area contributed by atoms with Crippen LogP contribution in [-0.2, 0) is 22.6 Å². The third-order valence-electron chi connectivity index (χ3n) is 3.75. The lowest BCUT2D eigenvalue weighted by Gasteiger charge is -2.13. The van der Waals surface area contributed by atoms with Crippen molar-refractivity contribution < 1.29 is 19.4 Å². The smallest absolute Gasteiger partial charge is 0.324 e. The number of nitrogens with one attached hydrogen (secondary N) is 2. The minimum absolute atomic E-state index is 0.0528. The number of hydrogen-bond donors (Lipinski definition) is 4. The van der Waals surface area contributed by atoms with Crippen LogP contribution in [0, 0.1) is 11.3 Å². The number of nitrogens with two attached hydrogens (primary N) is 1. The van der Waals surface area contributed by atoms with Gasteiger partial charge in [-0.05, 0) is 23.8 Å². The predicted molar refractivity (Wildman–Crippen MR) is 100 cm³/mol. The molecule has 2 rings (SSSR count). The second-order valence-electron chi connectivity index (χ2n) is 5.60. The maximum atomic E-state index is 12.3. The molecule has 0 saturated heterocycles. The lowest BCUT2D eigenvalue weighted by Crippen LogP contribution is -2.42. The summed E-state index contributed by atoms with van der Waals surface area (Å²) in [4.78, 5) is 24.9. The molecule has 0 radical (unpaired) electrons. The standard InChI is InChI=1S/C18H20N4O4S/c1-26-18(25)14(8-20)21-10-16-12(7-19)6-15(27-16)17(24)22-9-11-3-2-4-13(23)5-11/h2-6,14,21,23H,8-10,20H2,1H3,(H,22,24)/t14-/m0/s1. The highest BCUT2D eigenvalue weighted by Gasteiger charge is 2.19. The highest BCUT2D eigenvalue weighted by atomic mass is 32.1. The van der Waals surface area contributed by atoms with Gasteiger partial charge in [-0.1, -0.05) is 12.1 Å². The Morgan fingerprint density at radius 2 is 2.15 bits per heavy atom. The van der Waals surface area contributed by atoms with Gasteiger partial charge in [0, 0.05) is 24.5 Å². The van der Waals surface area contributed by atoms with Gasteiger partial charge >= 0.3 is 5.97 Å². The predicted octanol–water partition coefficient (Wildman–Crippen LogP) is 0.845. The molecule has 5 N–H and O–H groups in total. The van der Waals surface area contributed by atoms with Crippen LogP contribution >= 0.6 is 11.3 Å². The molecule has 1 atom stereocenters. The molecule has 142 valence electrons. The first-order valence-corrected chi connectivity index (χ1v) is 8.90. The van der Waals surface area contributed by atoms with Crippen LogP contribution in [0.4, 0.5) is 0 Å². The Balaban J connectivity index is 2.03. The number of carbonyl (C=O) groups is 2. The molecule has 0 bridgehead atoms. The Labute approximate surface area is 160 Å². The van der Waals surface area contributed by atoms with Crippen molar-refractivity contribution in [1.82, 2.24) is 10.6 Å². The molecule has 1 amide bonds. The summed E-state index contributed by atoms with van der Waals surface area (Å²) < 4.78 is 4.65. The van der Waals surface area contributed by atoms with E-state index in [0.717, 1.165) is 16.9 Å². The van der Waals surface area contributed by atoms with E-state index in [2.05, 4.69) is 15.4 Å². The van der Waals surface area contributed by atoms with Crippen molar-refractivity contribution in [3.63, 3.8) is 0 Å². The first-order valence-electron chi connectivity index (χ1n) is 8.08. The molecule has 2 aromatic rings. The summed E-state index contributed by atoms with van der Waals surface area (Å²) in [6.45, 7) is 0.514. The van der Waals surface area contributed by atoms with E-state index in [0.29, 0.717) is 15.3 Å². The normalized spacial score (nSPS) is 11.4. The van der Waals surface area contributed by atoms with Crippen molar-refractivity contribution in [1.29, 1.82) is 5.26 Å². The first-order chi connectivity index (χ1) is 13.0. The molecular formula is C18H20N4O4S. The Bertz CT molecular complexity index is 859. The van der Waals surface area contributed by atoms with Crippen LogP contribution in [-0.4, -0.2) is 36.7 Å². The van der Waals surface area contributed by atoms with Gasteiger partial charge in [0.05, 0.1) is 17.6 Å². The zero-order chi connectivity index (χ0) is 19.8. The van der Waals surface area contributed by atoms with Gasteiger partial charge in [0.1, 0.15) is 17.9 Å². The molecule has 9 heteroatoms. The molecule has 0 spiro atoms. The molecule has 0 unspecified atom stereocenters. The van der Waals surface area contributed by atoms with E-state index in [1.807, 2.05) is 6.07 Å². The van der Waals surface area contributed by atoms with Crippen molar-refractivity contribution in [3.8, 4) is 11.8 Å². The van der Waals surface area contributed by atoms with Gasteiger partial charge in [0.25, 0.3) is 5.91 Å². The van der Waals surface area contributed by atoms with Crippen LogP contribution in [0.3, 0.4) is 0 Å². The number of esters is 1. The van der Waals surface area contributed by atoms with Crippen LogP contribution in [0.15, 0.2) is 30.3 Å². The maximum absolute atomic E-state index is 12.3. The number of thiophene rings is 1. The lowest BCUT2D eigenvalue weighted by molar-refractivity contribution is -0.142. The number of ether oxygens (including phenoxy) is 1. The number of phenols is 1. The molecule has 8 nitrogen and oxygen atoms in total. The zero-order valence-electron chi connectivity index (χ0n) is 14.7. The van der Waals surface area contributed by atoms with Crippen LogP contribution in [0.5, 0.6) is 5.75 Å². The molecule has 0 saturated carbocycles. The fourth-order valence-electron chi connectivity index (χ4n) is 2.32. The Hall–Kier alpha value is -2.93. The van der Waals surface area contributed by atoms with Gasteiger partial charge in [0.15, 0.2) is 0 Å². The van der Waals surface area contributed by atoms with Crippen LogP contribution in [0.25, 0.3) is 0 Å². The average molecular weight is 388 g/mol. The van der Waals surface area contributed by atoms with E-state index < -0.39 is 12.0 Å². The molecule has 0 aliphatic heterocycles. The first kappa shape index (κ1) is 20.4. The number of methoxy groups -OCH3 is 1. The number of phenolic OH excluding ortho intramolecular Hbond substituents is 1. The van der Waals surface area contributed by atoms with E-state index in [1.54, 1.807) is 24.3 Å². The summed E-state index contributed by atoms with van der Waals surface area (Å²) in [5.74, 6) is -0.691. The second-order valence-corrected chi connectivity index (χ2v) is 6.74. The fourth-order valence-corrected chi connectivity index (χ4v) is 3.30. The molecule has 1 aromatic heterocycles. The number of benzene rings is 1. The van der Waals surface area contributed by atoms with Crippen molar-refractivity contribution >= 4 is 23.2 Å². The third-order valence-corrected chi connectivity index (χ3v) is 4.88. The van der Waals surface area contributed by atoms with Gasteiger partial charge in [-0.2, -0.15) is 5.26 Å². The largest absolute Gasteiger partial charge is 0.508 e. The molecule has 27 heavy (non-hydrogen) atoms.